The van der Waals surface area contributed by atoms with Gasteiger partial charge >= 0.3 is 11.9 Å². The second-order valence-corrected chi connectivity index (χ2v) is 6.53. The Balaban J connectivity index is 2.10. The van der Waals surface area contributed by atoms with Crippen LogP contribution < -0.4 is 0 Å². The van der Waals surface area contributed by atoms with Crippen LogP contribution in [0.1, 0.15) is 22.6 Å². The molecule has 1 aromatic carbocycles. The Bertz CT molecular complexity index is 930. The lowest BCUT2D eigenvalue weighted by molar-refractivity contribution is -0.150. The van der Waals surface area contributed by atoms with Crippen LogP contribution in [0.25, 0.3) is 5.57 Å². The lowest BCUT2D eigenvalue weighted by Crippen LogP contribution is -2.04. The maximum atomic E-state index is 12.2. The molecule has 0 unspecified atom stereocenters. The van der Waals surface area contributed by atoms with E-state index < -0.39 is 11.9 Å². The summed E-state index contributed by atoms with van der Waals surface area (Å²) in [5.41, 5.74) is 1.90. The number of carbonyl (C=O) groups excluding carboxylic acids is 2. The summed E-state index contributed by atoms with van der Waals surface area (Å²) in [5, 5.41) is 0.819. The minimum absolute atomic E-state index is 0.0767. The first-order valence-corrected chi connectivity index (χ1v) is 8.24. The van der Waals surface area contributed by atoms with Crippen molar-refractivity contribution in [1.82, 2.24) is 0 Å². The molecular formula is C19H14Cl2O4. The number of hydrogen-bond acceptors (Lipinski definition) is 4. The van der Waals surface area contributed by atoms with Gasteiger partial charge in [-0.15, -0.1) is 0 Å². The van der Waals surface area contributed by atoms with Crippen molar-refractivity contribution in [2.75, 3.05) is 0 Å². The summed E-state index contributed by atoms with van der Waals surface area (Å²) in [6.45, 7) is 7.52. The molecule has 0 radical (unpaired) electrons. The van der Waals surface area contributed by atoms with Crippen molar-refractivity contribution in [3.05, 3.63) is 74.7 Å². The topological polar surface area (TPSA) is 56.5 Å². The van der Waals surface area contributed by atoms with E-state index in [1.807, 2.05) is 0 Å². The monoisotopic (exact) mass is 376 g/mol. The number of furan rings is 1. The lowest BCUT2D eigenvalue weighted by atomic mass is 9.93. The van der Waals surface area contributed by atoms with Crippen molar-refractivity contribution in [3.63, 3.8) is 0 Å². The van der Waals surface area contributed by atoms with Gasteiger partial charge < -0.3 is 9.15 Å². The molecule has 1 aliphatic rings. The minimum Gasteiger partial charge on any atom is -0.466 e. The fraction of sp³-hybridized carbons (Fsp3) is 0.158. The Labute approximate surface area is 154 Å². The van der Waals surface area contributed by atoms with Crippen molar-refractivity contribution < 1.29 is 18.7 Å². The molecule has 2 aromatic rings. The van der Waals surface area contributed by atoms with Gasteiger partial charge in [-0.25, -0.2) is 9.59 Å². The quantitative estimate of drug-likeness (QED) is 0.565. The van der Waals surface area contributed by atoms with Crippen LogP contribution in [0.3, 0.4) is 0 Å². The third kappa shape index (κ3) is 3.15. The highest BCUT2D eigenvalue weighted by Crippen LogP contribution is 2.36. The number of rotatable bonds is 4. The molecule has 0 aliphatic carbocycles. The maximum Gasteiger partial charge on any atom is 0.347 e. The summed E-state index contributed by atoms with van der Waals surface area (Å²) in [7, 11) is 0. The van der Waals surface area contributed by atoms with Gasteiger partial charge in [0.15, 0.2) is 0 Å². The second kappa shape index (κ2) is 6.54. The molecule has 4 nitrogen and oxygen atoms in total. The summed E-state index contributed by atoms with van der Waals surface area (Å²) < 4.78 is 10.3. The first-order valence-electron chi connectivity index (χ1n) is 7.48. The van der Waals surface area contributed by atoms with E-state index in [2.05, 4.69) is 6.58 Å². The predicted molar refractivity (Wildman–Crippen MR) is 95.5 cm³/mol. The Kier molecular flexibility index (Phi) is 4.58. The van der Waals surface area contributed by atoms with Gasteiger partial charge in [-0.05, 0) is 43.2 Å². The van der Waals surface area contributed by atoms with E-state index in [1.54, 1.807) is 38.1 Å². The van der Waals surface area contributed by atoms with Crippen molar-refractivity contribution in [2.24, 2.45) is 0 Å². The molecular weight excluding hydrogens is 363 g/mol. The maximum absolute atomic E-state index is 12.2. The molecule has 0 saturated carbocycles. The number of carbonyl (C=O) groups is 2. The molecule has 6 heteroatoms. The molecule has 0 bridgehead atoms. The molecule has 128 valence electrons. The van der Waals surface area contributed by atoms with Gasteiger partial charge in [-0.2, -0.15) is 0 Å². The van der Waals surface area contributed by atoms with Crippen molar-refractivity contribution in [3.8, 4) is 0 Å². The Morgan fingerprint density at radius 3 is 2.32 bits per heavy atom. The van der Waals surface area contributed by atoms with Gasteiger partial charge in [0.05, 0.1) is 11.1 Å². The van der Waals surface area contributed by atoms with Crippen LogP contribution in [0, 0.1) is 13.8 Å². The van der Waals surface area contributed by atoms with Crippen LogP contribution in [0.5, 0.6) is 0 Å². The van der Waals surface area contributed by atoms with Crippen LogP contribution >= 0.6 is 23.2 Å². The summed E-state index contributed by atoms with van der Waals surface area (Å²) in [6, 6.07) is 6.81. The zero-order valence-corrected chi connectivity index (χ0v) is 15.1. The minimum atomic E-state index is -0.730. The van der Waals surface area contributed by atoms with Crippen molar-refractivity contribution in [1.29, 1.82) is 0 Å². The van der Waals surface area contributed by atoms with E-state index >= 15 is 0 Å². The normalized spacial score (nSPS) is 14.2. The third-order valence-electron chi connectivity index (χ3n) is 4.02. The SMILES string of the molecule is C=C(C1=C(Cc2c(Cl)cccc2Cl)C(=O)OC1=O)c1cc(C)oc1C. The number of hydrogen-bond donors (Lipinski definition) is 0. The number of benzene rings is 1. The largest absolute Gasteiger partial charge is 0.466 e. The zero-order valence-electron chi connectivity index (χ0n) is 13.6. The molecule has 1 aliphatic heterocycles. The van der Waals surface area contributed by atoms with Crippen LogP contribution in [0.4, 0.5) is 0 Å². The summed E-state index contributed by atoms with van der Waals surface area (Å²) in [6.07, 6.45) is 0.0767. The van der Waals surface area contributed by atoms with Gasteiger partial charge in [-0.1, -0.05) is 35.8 Å². The van der Waals surface area contributed by atoms with E-state index in [9.17, 15) is 9.59 Å². The van der Waals surface area contributed by atoms with E-state index in [0.29, 0.717) is 38.3 Å². The predicted octanol–water partition coefficient (Wildman–Crippen LogP) is 4.84. The van der Waals surface area contributed by atoms with Crippen LogP contribution in [-0.2, 0) is 20.7 Å². The van der Waals surface area contributed by atoms with Crippen molar-refractivity contribution in [2.45, 2.75) is 20.3 Å². The number of esters is 2. The Morgan fingerprint density at radius 2 is 1.76 bits per heavy atom. The smallest absolute Gasteiger partial charge is 0.347 e. The molecule has 0 saturated heterocycles. The fourth-order valence-electron chi connectivity index (χ4n) is 2.83. The average molecular weight is 377 g/mol. The first kappa shape index (κ1) is 17.5. The van der Waals surface area contributed by atoms with E-state index in [4.69, 9.17) is 32.4 Å². The Morgan fingerprint density at radius 1 is 1.12 bits per heavy atom. The standard InChI is InChI=1S/C19H14Cl2O4/c1-9-7-12(11(3)24-9)10(2)17-14(18(22)25-19(17)23)8-13-15(20)5-4-6-16(13)21/h4-7H,2,8H2,1,3H3. The lowest BCUT2D eigenvalue weighted by Gasteiger charge is -2.08. The second-order valence-electron chi connectivity index (χ2n) is 5.71. The fourth-order valence-corrected chi connectivity index (χ4v) is 3.36. The highest BCUT2D eigenvalue weighted by Gasteiger charge is 2.36. The van der Waals surface area contributed by atoms with Gasteiger partial charge in [0.25, 0.3) is 0 Å². The first-order chi connectivity index (χ1) is 11.8. The zero-order chi connectivity index (χ0) is 18.3. The van der Waals surface area contributed by atoms with Crippen LogP contribution in [0.2, 0.25) is 10.0 Å². The number of cyclic esters (lactones) is 2. The molecule has 0 atom stereocenters. The number of halogens is 2. The summed E-state index contributed by atoms with van der Waals surface area (Å²) in [5.74, 6) is -0.152. The highest BCUT2D eigenvalue weighted by atomic mass is 35.5. The molecule has 0 spiro atoms. The average Bonchev–Trinajstić information content (AvgIpc) is 3.01. The van der Waals surface area contributed by atoms with Gasteiger partial charge in [-0.3, -0.25) is 0 Å². The molecule has 0 N–H and O–H groups in total. The van der Waals surface area contributed by atoms with Crippen LogP contribution in [0.15, 0.2) is 46.4 Å². The highest BCUT2D eigenvalue weighted by molar-refractivity contribution is 6.36. The third-order valence-corrected chi connectivity index (χ3v) is 4.73. The van der Waals surface area contributed by atoms with Crippen LogP contribution in [-0.4, -0.2) is 11.9 Å². The number of aryl methyl sites for hydroxylation is 2. The van der Waals surface area contributed by atoms with Gasteiger partial charge in [0.1, 0.15) is 11.5 Å². The van der Waals surface area contributed by atoms with Gasteiger partial charge in [0.2, 0.25) is 0 Å². The summed E-state index contributed by atoms with van der Waals surface area (Å²) in [4.78, 5) is 24.4. The molecule has 2 heterocycles. The molecule has 0 fully saturated rings. The van der Waals surface area contributed by atoms with E-state index in [0.717, 1.165) is 0 Å². The number of ether oxygens (including phenoxy) is 1. The molecule has 0 amide bonds. The van der Waals surface area contributed by atoms with E-state index in [-0.39, 0.29) is 17.6 Å². The Hall–Kier alpha value is -2.30. The van der Waals surface area contributed by atoms with Gasteiger partial charge in [0, 0.05) is 22.0 Å². The molecule has 3 rings (SSSR count). The summed E-state index contributed by atoms with van der Waals surface area (Å²) >= 11 is 12.4. The van der Waals surface area contributed by atoms with E-state index in [1.165, 1.54) is 0 Å². The molecule has 1 aromatic heterocycles. The molecule has 25 heavy (non-hydrogen) atoms. The van der Waals surface area contributed by atoms with Crippen molar-refractivity contribution >= 4 is 40.7 Å².